The average Bonchev–Trinajstić information content (AvgIpc) is 3.11. The van der Waals surface area contributed by atoms with Crippen molar-refractivity contribution in [1.29, 1.82) is 0 Å². The fourth-order valence-corrected chi connectivity index (χ4v) is 8.21. The summed E-state index contributed by atoms with van der Waals surface area (Å²) in [5, 5.41) is 0.531. The Kier molecular flexibility index (Phi) is 8.91. The molecule has 1 saturated heterocycles. The number of amides is 1. The second-order valence-corrected chi connectivity index (χ2v) is 12.9. The Morgan fingerprint density at radius 3 is 2.42 bits per heavy atom. The predicted molar refractivity (Wildman–Crippen MR) is 166 cm³/mol. The highest BCUT2D eigenvalue weighted by atomic mass is 35.5. The minimum absolute atomic E-state index is 0.148. The first kappa shape index (κ1) is 31.4. The molecular formula is C31H35ClF2N4O4S. The summed E-state index contributed by atoms with van der Waals surface area (Å²) in [5.41, 5.74) is 0.972. The number of carbonyl (C=O) groups is 1. The van der Waals surface area contributed by atoms with Gasteiger partial charge in [-0.05, 0) is 44.5 Å². The second kappa shape index (κ2) is 12.2. The molecule has 0 bridgehead atoms. The van der Waals surface area contributed by atoms with E-state index in [9.17, 15) is 14.0 Å². The van der Waals surface area contributed by atoms with Gasteiger partial charge in [0.15, 0.2) is 0 Å². The van der Waals surface area contributed by atoms with Gasteiger partial charge in [-0.15, -0.1) is 11.8 Å². The van der Waals surface area contributed by atoms with Crippen LogP contribution in [0.2, 0.25) is 5.02 Å². The van der Waals surface area contributed by atoms with Crippen LogP contribution in [0.3, 0.4) is 0 Å². The quantitative estimate of drug-likeness (QED) is 0.258. The van der Waals surface area contributed by atoms with E-state index in [2.05, 4.69) is 11.6 Å². The van der Waals surface area contributed by atoms with Crippen LogP contribution in [0.5, 0.6) is 0 Å². The molecule has 0 radical (unpaired) electrons. The molecule has 2 atom stereocenters. The normalized spacial score (nSPS) is 19.9. The van der Waals surface area contributed by atoms with E-state index in [1.807, 2.05) is 31.7 Å². The average molecular weight is 633 g/mol. The van der Waals surface area contributed by atoms with Crippen molar-refractivity contribution in [3.63, 3.8) is 0 Å². The molecule has 5 rings (SSSR count). The summed E-state index contributed by atoms with van der Waals surface area (Å²) in [6.45, 7) is 11.2. The number of aromatic nitrogens is 2. The number of halogens is 3. The predicted octanol–water partition coefficient (Wildman–Crippen LogP) is 5.30. The Balaban J connectivity index is 1.79. The number of piperazine rings is 1. The number of benzene rings is 2. The number of methoxy groups -OCH3 is 2. The van der Waals surface area contributed by atoms with Gasteiger partial charge in [-0.25, -0.2) is 13.6 Å². The van der Waals surface area contributed by atoms with Crippen molar-refractivity contribution in [2.24, 2.45) is 5.41 Å². The SMILES string of the molecule is C=CC(=O)N1[C@H](C)CN(c2nc(=O)n3c4c(c(-c5cc(Cl)c(F)cc5F)c(C)cc24)SCC(COC)(COC)C3)C[C@@H]1C. The van der Waals surface area contributed by atoms with E-state index < -0.39 is 22.7 Å². The Morgan fingerprint density at radius 2 is 1.81 bits per heavy atom. The number of aryl methyl sites for hydroxylation is 1. The summed E-state index contributed by atoms with van der Waals surface area (Å²) < 4.78 is 42.4. The Bertz CT molecular complexity index is 1650. The molecule has 1 aromatic heterocycles. The van der Waals surface area contributed by atoms with Crippen molar-refractivity contribution < 1.29 is 23.0 Å². The molecule has 8 nitrogen and oxygen atoms in total. The topological polar surface area (TPSA) is 76.9 Å². The fourth-order valence-electron chi connectivity index (χ4n) is 6.57. The van der Waals surface area contributed by atoms with Gasteiger partial charge in [-0.2, -0.15) is 4.98 Å². The van der Waals surface area contributed by atoms with Gasteiger partial charge in [-0.3, -0.25) is 9.36 Å². The Labute approximate surface area is 258 Å². The number of carbonyl (C=O) groups excluding carboxylic acids is 1. The zero-order valence-electron chi connectivity index (χ0n) is 24.9. The van der Waals surface area contributed by atoms with Crippen LogP contribution in [0.25, 0.3) is 22.0 Å². The number of hydrogen-bond acceptors (Lipinski definition) is 7. The molecule has 230 valence electrons. The zero-order valence-corrected chi connectivity index (χ0v) is 26.5. The van der Waals surface area contributed by atoms with E-state index in [4.69, 9.17) is 21.1 Å². The number of rotatable bonds is 7. The standard InChI is InChI=1S/C31H35ClF2N4O4S/c1-7-25(39)38-18(3)11-36(12-19(38)4)29-21-8-17(2)26(20-9-22(32)24(34)10-23(20)33)28-27(21)37(30(40)35-29)13-31(14-41-5,15-42-6)16-43-28/h7-10,18-19H,1,11-16H2,2-6H3/t18-,19+. The highest BCUT2D eigenvalue weighted by Gasteiger charge is 2.39. The highest BCUT2D eigenvalue weighted by Crippen LogP contribution is 2.47. The number of anilines is 1. The molecule has 0 spiro atoms. The number of thioether (sulfide) groups is 1. The second-order valence-electron chi connectivity index (χ2n) is 11.6. The fraction of sp³-hybridized carbons (Fsp3) is 0.452. The van der Waals surface area contributed by atoms with E-state index in [1.165, 1.54) is 23.9 Å². The summed E-state index contributed by atoms with van der Waals surface area (Å²) in [7, 11) is 3.20. The van der Waals surface area contributed by atoms with Gasteiger partial charge >= 0.3 is 5.69 Å². The van der Waals surface area contributed by atoms with Crippen molar-refractivity contribution in [2.75, 3.05) is 51.2 Å². The minimum Gasteiger partial charge on any atom is -0.384 e. The van der Waals surface area contributed by atoms with Crippen molar-refractivity contribution >= 4 is 46.0 Å². The van der Waals surface area contributed by atoms with Gasteiger partial charge in [0.2, 0.25) is 5.91 Å². The summed E-state index contributed by atoms with van der Waals surface area (Å²) >= 11 is 7.63. The van der Waals surface area contributed by atoms with E-state index in [0.29, 0.717) is 53.8 Å². The zero-order chi connectivity index (χ0) is 31.2. The molecule has 0 saturated carbocycles. The highest BCUT2D eigenvalue weighted by molar-refractivity contribution is 7.99. The molecule has 2 aliphatic rings. The lowest BCUT2D eigenvalue weighted by atomic mass is 9.92. The van der Waals surface area contributed by atoms with Gasteiger partial charge in [0, 0.05) is 84.6 Å². The van der Waals surface area contributed by atoms with Gasteiger partial charge in [0.25, 0.3) is 0 Å². The number of nitrogens with zero attached hydrogens (tertiary/aromatic N) is 4. The molecule has 0 unspecified atom stereocenters. The Morgan fingerprint density at radius 1 is 1.16 bits per heavy atom. The minimum atomic E-state index is -0.847. The third-order valence-electron chi connectivity index (χ3n) is 8.24. The van der Waals surface area contributed by atoms with Crippen molar-refractivity contribution in [2.45, 2.75) is 44.3 Å². The van der Waals surface area contributed by atoms with Gasteiger partial charge in [-0.1, -0.05) is 18.2 Å². The van der Waals surface area contributed by atoms with Crippen LogP contribution in [0.4, 0.5) is 14.6 Å². The maximum Gasteiger partial charge on any atom is 0.350 e. The van der Waals surface area contributed by atoms with Crippen molar-refractivity contribution in [3.8, 4) is 11.1 Å². The molecule has 2 aromatic carbocycles. The molecule has 0 N–H and O–H groups in total. The molecule has 1 amide bonds. The molecule has 3 heterocycles. The monoisotopic (exact) mass is 632 g/mol. The lowest BCUT2D eigenvalue weighted by Crippen LogP contribution is -2.58. The summed E-state index contributed by atoms with van der Waals surface area (Å²) in [4.78, 5) is 35.6. The lowest BCUT2D eigenvalue weighted by Gasteiger charge is -2.44. The molecule has 2 aliphatic heterocycles. The molecule has 0 aliphatic carbocycles. The molecular weight excluding hydrogens is 598 g/mol. The first-order valence-corrected chi connectivity index (χ1v) is 15.3. The van der Waals surface area contributed by atoms with E-state index in [1.54, 1.807) is 23.7 Å². The third-order valence-corrected chi connectivity index (χ3v) is 9.97. The van der Waals surface area contributed by atoms with Crippen LogP contribution in [0.15, 0.2) is 40.5 Å². The summed E-state index contributed by atoms with van der Waals surface area (Å²) in [6.07, 6.45) is 1.31. The molecule has 43 heavy (non-hydrogen) atoms. The maximum atomic E-state index is 15.4. The van der Waals surface area contributed by atoms with Crippen LogP contribution in [0.1, 0.15) is 19.4 Å². The van der Waals surface area contributed by atoms with Crippen molar-refractivity contribution in [3.05, 3.63) is 63.6 Å². The van der Waals surface area contributed by atoms with Gasteiger partial charge < -0.3 is 19.3 Å². The summed E-state index contributed by atoms with van der Waals surface area (Å²) in [6, 6.07) is 3.66. The largest absolute Gasteiger partial charge is 0.384 e. The maximum absolute atomic E-state index is 15.4. The van der Waals surface area contributed by atoms with E-state index in [-0.39, 0.29) is 35.1 Å². The van der Waals surface area contributed by atoms with Crippen LogP contribution in [-0.4, -0.2) is 78.7 Å². The first-order chi connectivity index (χ1) is 20.4. The van der Waals surface area contributed by atoms with Crippen LogP contribution in [-0.2, 0) is 20.8 Å². The molecule has 1 fully saturated rings. The van der Waals surface area contributed by atoms with Crippen LogP contribution < -0.4 is 10.6 Å². The molecule has 12 heteroatoms. The Hall–Kier alpha value is -2.99. The molecule has 3 aromatic rings. The van der Waals surface area contributed by atoms with Crippen LogP contribution >= 0.6 is 23.4 Å². The summed E-state index contributed by atoms with van der Waals surface area (Å²) in [5.74, 6) is -0.741. The van der Waals surface area contributed by atoms with E-state index >= 15 is 4.39 Å². The first-order valence-electron chi connectivity index (χ1n) is 14.0. The lowest BCUT2D eigenvalue weighted by molar-refractivity contribution is -0.130. The number of hydrogen-bond donors (Lipinski definition) is 0. The van der Waals surface area contributed by atoms with Gasteiger partial charge in [0.1, 0.15) is 17.5 Å². The van der Waals surface area contributed by atoms with Crippen LogP contribution in [0, 0.1) is 24.0 Å². The third kappa shape index (κ3) is 5.56. The number of ether oxygens (including phenoxy) is 2. The van der Waals surface area contributed by atoms with Gasteiger partial charge in [0.05, 0.1) is 23.8 Å². The van der Waals surface area contributed by atoms with E-state index in [0.717, 1.165) is 17.0 Å². The van der Waals surface area contributed by atoms with Crippen molar-refractivity contribution in [1.82, 2.24) is 14.5 Å². The smallest absolute Gasteiger partial charge is 0.350 e.